The molecule has 23 heavy (non-hydrogen) atoms. The highest BCUT2D eigenvalue weighted by atomic mass is 19.1. The number of likely N-dealkylation sites (tertiary alicyclic amines) is 1. The van der Waals surface area contributed by atoms with Crippen LogP contribution in [0.2, 0.25) is 0 Å². The van der Waals surface area contributed by atoms with E-state index in [0.29, 0.717) is 12.4 Å². The summed E-state index contributed by atoms with van der Waals surface area (Å²) in [5, 5.41) is 6.83. The summed E-state index contributed by atoms with van der Waals surface area (Å²) in [6.45, 7) is 6.00. The molecule has 0 radical (unpaired) electrons. The Morgan fingerprint density at radius 2 is 2.09 bits per heavy atom. The second-order valence-corrected chi connectivity index (χ2v) is 7.76. The molecule has 1 aliphatic carbocycles. The molecule has 2 amide bonds. The molecule has 2 heterocycles. The Morgan fingerprint density at radius 1 is 1.39 bits per heavy atom. The van der Waals surface area contributed by atoms with Gasteiger partial charge in [-0.3, -0.25) is 0 Å². The zero-order valence-corrected chi connectivity index (χ0v) is 14.1. The smallest absolute Gasteiger partial charge is 0.317 e. The van der Waals surface area contributed by atoms with Crippen LogP contribution in [0.1, 0.15) is 70.5 Å². The summed E-state index contributed by atoms with van der Waals surface area (Å²) in [5.41, 5.74) is -2.09. The van der Waals surface area contributed by atoms with Gasteiger partial charge in [-0.1, -0.05) is 18.0 Å². The summed E-state index contributed by atoms with van der Waals surface area (Å²) in [6, 6.07) is -0.257. The highest BCUT2D eigenvalue weighted by Gasteiger charge is 2.47. The number of hydrogen-bond acceptors (Lipinski definition) is 4. The fourth-order valence-corrected chi connectivity index (χ4v) is 3.29. The molecule has 128 valence electrons. The predicted molar refractivity (Wildman–Crippen MR) is 82.8 cm³/mol. The monoisotopic (exact) mass is 324 g/mol. The van der Waals surface area contributed by atoms with Gasteiger partial charge in [0.1, 0.15) is 0 Å². The molecule has 7 heteroatoms. The van der Waals surface area contributed by atoms with Gasteiger partial charge in [0.2, 0.25) is 5.67 Å². The first-order chi connectivity index (χ1) is 10.8. The first kappa shape index (κ1) is 16.2. The molecular weight excluding hydrogens is 299 g/mol. The molecule has 1 saturated heterocycles. The summed E-state index contributed by atoms with van der Waals surface area (Å²) in [5.74, 6) is 0.926. The lowest BCUT2D eigenvalue weighted by atomic mass is 10.1. The lowest BCUT2D eigenvalue weighted by molar-refractivity contribution is 0.118. The average Bonchev–Trinajstić information content (AvgIpc) is 3.17. The number of carbonyl (C=O) groups is 1. The van der Waals surface area contributed by atoms with E-state index in [4.69, 9.17) is 4.52 Å². The van der Waals surface area contributed by atoms with Crippen molar-refractivity contribution in [2.45, 2.75) is 70.0 Å². The van der Waals surface area contributed by atoms with Crippen molar-refractivity contribution in [1.82, 2.24) is 20.4 Å². The van der Waals surface area contributed by atoms with Crippen LogP contribution in [0.3, 0.4) is 0 Å². The third-order valence-electron chi connectivity index (χ3n) is 4.53. The van der Waals surface area contributed by atoms with Crippen LogP contribution in [0.5, 0.6) is 0 Å². The van der Waals surface area contributed by atoms with E-state index in [2.05, 4.69) is 15.5 Å². The van der Waals surface area contributed by atoms with Crippen LogP contribution in [0, 0.1) is 0 Å². The van der Waals surface area contributed by atoms with Crippen LogP contribution in [-0.2, 0) is 5.67 Å². The Morgan fingerprint density at radius 3 is 2.74 bits per heavy atom. The average molecular weight is 324 g/mol. The first-order valence-corrected chi connectivity index (χ1v) is 8.37. The number of carbonyl (C=O) groups excluding carboxylic acids is 1. The van der Waals surface area contributed by atoms with Crippen LogP contribution in [-0.4, -0.2) is 39.7 Å². The molecule has 2 aliphatic rings. The second-order valence-electron chi connectivity index (χ2n) is 7.76. The van der Waals surface area contributed by atoms with Gasteiger partial charge in [-0.2, -0.15) is 4.98 Å². The SMILES string of the molecule is CC(C)(C)NC(=O)N1CCC(F)(c2nc(C3CCCC3)no2)C1. The summed E-state index contributed by atoms with van der Waals surface area (Å²) in [6.07, 6.45) is 4.60. The van der Waals surface area contributed by atoms with Crippen LogP contribution in [0.15, 0.2) is 4.52 Å². The third-order valence-corrected chi connectivity index (χ3v) is 4.53. The van der Waals surface area contributed by atoms with E-state index in [9.17, 15) is 4.79 Å². The lowest BCUT2D eigenvalue weighted by Crippen LogP contribution is -2.48. The van der Waals surface area contributed by atoms with Crippen LogP contribution in [0.25, 0.3) is 0 Å². The molecule has 0 spiro atoms. The van der Waals surface area contributed by atoms with E-state index in [1.807, 2.05) is 20.8 Å². The quantitative estimate of drug-likeness (QED) is 0.907. The fourth-order valence-electron chi connectivity index (χ4n) is 3.29. The number of amides is 2. The van der Waals surface area contributed by atoms with Crippen LogP contribution in [0.4, 0.5) is 9.18 Å². The molecule has 2 fully saturated rings. The normalized spacial score (nSPS) is 26.0. The summed E-state index contributed by atoms with van der Waals surface area (Å²) in [7, 11) is 0. The van der Waals surface area contributed by atoms with Crippen molar-refractivity contribution in [3.8, 4) is 0 Å². The van der Waals surface area contributed by atoms with Gasteiger partial charge in [-0.15, -0.1) is 0 Å². The molecule has 0 aromatic carbocycles. The van der Waals surface area contributed by atoms with E-state index in [-0.39, 0.29) is 36.3 Å². The van der Waals surface area contributed by atoms with Crippen molar-refractivity contribution in [3.63, 3.8) is 0 Å². The molecule has 1 aliphatic heterocycles. The number of hydrogen-bond donors (Lipinski definition) is 1. The molecule has 1 unspecified atom stereocenters. The number of nitrogens with zero attached hydrogens (tertiary/aromatic N) is 3. The van der Waals surface area contributed by atoms with Gasteiger partial charge in [0, 0.05) is 24.4 Å². The molecule has 1 N–H and O–H groups in total. The predicted octanol–water partition coefficient (Wildman–Crippen LogP) is 3.11. The molecule has 3 rings (SSSR count). The number of aromatic nitrogens is 2. The van der Waals surface area contributed by atoms with E-state index >= 15 is 4.39 Å². The topological polar surface area (TPSA) is 71.3 Å². The number of rotatable bonds is 2. The van der Waals surface area contributed by atoms with Gasteiger partial charge < -0.3 is 14.7 Å². The number of urea groups is 1. The molecule has 1 aromatic rings. The Kier molecular flexibility index (Phi) is 4.06. The Hall–Kier alpha value is -1.66. The van der Waals surface area contributed by atoms with Crippen molar-refractivity contribution in [1.29, 1.82) is 0 Å². The minimum Gasteiger partial charge on any atom is -0.336 e. The number of alkyl halides is 1. The van der Waals surface area contributed by atoms with Crippen LogP contribution >= 0.6 is 0 Å². The summed E-state index contributed by atoms with van der Waals surface area (Å²) in [4.78, 5) is 18.0. The summed E-state index contributed by atoms with van der Waals surface area (Å²) < 4.78 is 20.4. The van der Waals surface area contributed by atoms with E-state index in [0.717, 1.165) is 25.7 Å². The van der Waals surface area contributed by atoms with Gasteiger partial charge in [0.15, 0.2) is 5.82 Å². The van der Waals surface area contributed by atoms with Crippen molar-refractivity contribution >= 4 is 6.03 Å². The molecule has 1 aromatic heterocycles. The maximum atomic E-state index is 15.2. The zero-order chi connectivity index (χ0) is 16.7. The lowest BCUT2D eigenvalue weighted by Gasteiger charge is -2.25. The minimum atomic E-state index is -1.74. The van der Waals surface area contributed by atoms with Gasteiger partial charge >= 0.3 is 6.03 Å². The highest BCUT2D eigenvalue weighted by Crippen LogP contribution is 2.38. The molecule has 0 bridgehead atoms. The van der Waals surface area contributed by atoms with Crippen molar-refractivity contribution in [2.24, 2.45) is 0 Å². The van der Waals surface area contributed by atoms with Gasteiger partial charge in [-0.25, -0.2) is 9.18 Å². The van der Waals surface area contributed by atoms with Gasteiger partial charge in [-0.05, 0) is 33.6 Å². The molecule has 6 nitrogen and oxygen atoms in total. The Labute approximate surface area is 135 Å². The standard InChI is InChI=1S/C16H25FN4O2/c1-15(2,3)19-14(22)21-9-8-16(17,10-21)13-18-12(20-23-13)11-6-4-5-7-11/h11H,4-10H2,1-3H3,(H,19,22). The maximum absolute atomic E-state index is 15.2. The van der Waals surface area contributed by atoms with Crippen molar-refractivity contribution < 1.29 is 13.7 Å². The minimum absolute atomic E-state index is 0.0189. The first-order valence-electron chi connectivity index (χ1n) is 8.37. The van der Waals surface area contributed by atoms with Gasteiger partial charge in [0.25, 0.3) is 5.89 Å². The number of halogens is 1. The Bertz CT molecular complexity index is 577. The third kappa shape index (κ3) is 3.48. The van der Waals surface area contributed by atoms with Crippen LogP contribution < -0.4 is 5.32 Å². The zero-order valence-electron chi connectivity index (χ0n) is 14.1. The van der Waals surface area contributed by atoms with Gasteiger partial charge in [0.05, 0.1) is 6.54 Å². The highest BCUT2D eigenvalue weighted by molar-refractivity contribution is 5.75. The molecular formula is C16H25FN4O2. The molecule has 1 saturated carbocycles. The van der Waals surface area contributed by atoms with Crippen molar-refractivity contribution in [3.05, 3.63) is 11.7 Å². The Balaban J connectivity index is 1.67. The van der Waals surface area contributed by atoms with E-state index in [1.54, 1.807) is 0 Å². The van der Waals surface area contributed by atoms with Crippen molar-refractivity contribution in [2.75, 3.05) is 13.1 Å². The van der Waals surface area contributed by atoms with E-state index in [1.165, 1.54) is 4.90 Å². The second kappa shape index (κ2) is 5.76. The fraction of sp³-hybridized carbons (Fsp3) is 0.812. The number of nitrogens with one attached hydrogen (secondary N) is 1. The summed E-state index contributed by atoms with van der Waals surface area (Å²) >= 11 is 0. The largest absolute Gasteiger partial charge is 0.336 e. The molecule has 1 atom stereocenters. The van der Waals surface area contributed by atoms with E-state index < -0.39 is 5.67 Å². The maximum Gasteiger partial charge on any atom is 0.317 e.